The number of hydrogen-bond donors (Lipinski definition) is 3. The highest BCUT2D eigenvalue weighted by Gasteiger charge is 2.30. The zero-order valence-corrected chi connectivity index (χ0v) is 71.5. The van der Waals surface area contributed by atoms with E-state index in [1.54, 1.807) is 0 Å². The summed E-state index contributed by atoms with van der Waals surface area (Å²) in [6.07, 6.45) is 70.7. The number of esters is 4. The van der Waals surface area contributed by atoms with Gasteiger partial charge in [0.2, 0.25) is 0 Å². The van der Waals surface area contributed by atoms with Crippen LogP contribution in [0, 0.1) is 11.8 Å². The quantitative estimate of drug-likeness (QED) is 0.0222. The molecule has 0 spiro atoms. The van der Waals surface area contributed by atoms with Crippen molar-refractivity contribution in [2.24, 2.45) is 11.8 Å². The molecule has 0 aromatic heterocycles. The first-order chi connectivity index (χ1) is 51.4. The molecule has 3 N–H and O–H groups in total. The Morgan fingerprint density at radius 3 is 0.642 bits per heavy atom. The molecule has 0 rings (SSSR count). The van der Waals surface area contributed by atoms with Crippen LogP contribution in [0.1, 0.15) is 465 Å². The van der Waals surface area contributed by atoms with Crippen LogP contribution in [0.3, 0.4) is 0 Å². The van der Waals surface area contributed by atoms with E-state index in [4.69, 9.17) is 37.0 Å². The van der Waals surface area contributed by atoms with E-state index in [1.165, 1.54) is 283 Å². The van der Waals surface area contributed by atoms with Crippen LogP contribution in [-0.4, -0.2) is 96.7 Å². The molecule has 5 atom stereocenters. The topological polar surface area (TPSA) is 237 Å². The SMILES string of the molecule is CCCCCCCCCCCCCCCC(=O)OC[C@H](COP(=O)(O)OC[C@H](O)COP(=O)(O)OC[C@@H](COC(=O)CCCCCCCCCCCCCCCCCCC(C)C)OC(=O)CCCCCCCCCCCCCCCCCCCCC(C)C)OC(=O)CCCCCCCCCCCCCCC. The summed E-state index contributed by atoms with van der Waals surface area (Å²) in [5, 5.41) is 10.7. The first-order valence-electron chi connectivity index (χ1n) is 45.0. The average molecular weight is 1550 g/mol. The number of phosphoric ester groups is 2. The highest BCUT2D eigenvalue weighted by atomic mass is 31.2. The predicted octanol–water partition coefficient (Wildman–Crippen LogP) is 26.6. The highest BCUT2D eigenvalue weighted by molar-refractivity contribution is 7.47. The average Bonchev–Trinajstić information content (AvgIpc) is 0.899. The molecule has 0 amide bonds. The zero-order valence-electron chi connectivity index (χ0n) is 69.7. The fraction of sp³-hybridized carbons (Fsp3) is 0.954. The Morgan fingerprint density at radius 2 is 0.434 bits per heavy atom. The van der Waals surface area contributed by atoms with Gasteiger partial charge in [-0.3, -0.25) is 37.3 Å². The van der Waals surface area contributed by atoms with Gasteiger partial charge in [0.25, 0.3) is 0 Å². The van der Waals surface area contributed by atoms with Gasteiger partial charge >= 0.3 is 39.5 Å². The number of phosphoric acid groups is 2. The Balaban J connectivity index is 5.24. The van der Waals surface area contributed by atoms with Gasteiger partial charge in [0.05, 0.1) is 26.4 Å². The number of aliphatic hydroxyl groups is 1. The molecule has 0 aromatic carbocycles. The predicted molar refractivity (Wildman–Crippen MR) is 437 cm³/mol. The molecule has 2 unspecified atom stereocenters. The van der Waals surface area contributed by atoms with E-state index in [1.807, 2.05) is 0 Å². The molecule has 0 fully saturated rings. The maximum absolute atomic E-state index is 13.2. The van der Waals surface area contributed by atoms with E-state index in [-0.39, 0.29) is 25.7 Å². The number of carbonyl (C=O) groups is 4. The largest absolute Gasteiger partial charge is 0.472 e. The smallest absolute Gasteiger partial charge is 0.462 e. The van der Waals surface area contributed by atoms with E-state index in [9.17, 15) is 43.2 Å². The van der Waals surface area contributed by atoms with Gasteiger partial charge in [-0.2, -0.15) is 0 Å². The summed E-state index contributed by atoms with van der Waals surface area (Å²) in [5.74, 6) is -0.465. The number of rotatable bonds is 86. The Labute approximate surface area is 651 Å². The summed E-state index contributed by atoms with van der Waals surface area (Å²) >= 11 is 0. The van der Waals surface area contributed by atoms with Gasteiger partial charge in [-0.1, -0.05) is 414 Å². The van der Waals surface area contributed by atoms with Crippen LogP contribution in [0.15, 0.2) is 0 Å². The van der Waals surface area contributed by atoms with Crippen molar-refractivity contribution in [2.75, 3.05) is 39.6 Å². The normalized spacial score (nSPS) is 13.8. The molecule has 19 heteroatoms. The summed E-state index contributed by atoms with van der Waals surface area (Å²) in [4.78, 5) is 73.3. The number of hydrogen-bond acceptors (Lipinski definition) is 15. The maximum Gasteiger partial charge on any atom is 0.472 e. The van der Waals surface area contributed by atoms with E-state index < -0.39 is 97.5 Å². The number of unbranched alkanes of at least 4 members (excludes halogenated alkanes) is 56. The lowest BCUT2D eigenvalue weighted by atomic mass is 10.0. The van der Waals surface area contributed by atoms with Crippen molar-refractivity contribution in [3.63, 3.8) is 0 Å². The molecular formula is C87H170O17P2. The van der Waals surface area contributed by atoms with Crippen molar-refractivity contribution >= 4 is 39.5 Å². The molecule has 0 saturated heterocycles. The summed E-state index contributed by atoms with van der Waals surface area (Å²) in [7, 11) is -9.93. The number of aliphatic hydroxyl groups excluding tert-OH is 1. The van der Waals surface area contributed by atoms with Crippen molar-refractivity contribution in [1.82, 2.24) is 0 Å². The fourth-order valence-electron chi connectivity index (χ4n) is 13.6. The van der Waals surface area contributed by atoms with Crippen LogP contribution in [0.4, 0.5) is 0 Å². The molecule has 0 aliphatic heterocycles. The van der Waals surface area contributed by atoms with Gasteiger partial charge in [0.1, 0.15) is 19.3 Å². The summed E-state index contributed by atoms with van der Waals surface area (Å²) < 4.78 is 68.9. The minimum atomic E-state index is -4.97. The first kappa shape index (κ1) is 104. The minimum Gasteiger partial charge on any atom is -0.462 e. The molecule has 0 aliphatic carbocycles. The van der Waals surface area contributed by atoms with Crippen molar-refractivity contribution < 1.29 is 80.2 Å². The van der Waals surface area contributed by atoms with Crippen molar-refractivity contribution in [1.29, 1.82) is 0 Å². The molecule has 630 valence electrons. The van der Waals surface area contributed by atoms with Crippen LogP contribution in [0.25, 0.3) is 0 Å². The van der Waals surface area contributed by atoms with E-state index in [0.29, 0.717) is 25.7 Å². The van der Waals surface area contributed by atoms with Crippen LogP contribution >= 0.6 is 15.6 Å². The van der Waals surface area contributed by atoms with Crippen LogP contribution in [0.2, 0.25) is 0 Å². The van der Waals surface area contributed by atoms with E-state index >= 15 is 0 Å². The van der Waals surface area contributed by atoms with Crippen LogP contribution in [0.5, 0.6) is 0 Å². The van der Waals surface area contributed by atoms with Gasteiger partial charge in [-0.15, -0.1) is 0 Å². The molecule has 0 aromatic rings. The molecule has 0 bridgehead atoms. The van der Waals surface area contributed by atoms with E-state index in [2.05, 4.69) is 41.5 Å². The molecule has 17 nitrogen and oxygen atoms in total. The first-order valence-corrected chi connectivity index (χ1v) is 48.0. The van der Waals surface area contributed by atoms with Crippen molar-refractivity contribution in [3.8, 4) is 0 Å². The third kappa shape index (κ3) is 80.1. The Bertz CT molecular complexity index is 2030. The van der Waals surface area contributed by atoms with Crippen molar-refractivity contribution in [2.45, 2.75) is 484 Å². The third-order valence-corrected chi connectivity index (χ3v) is 22.4. The van der Waals surface area contributed by atoms with E-state index in [0.717, 1.165) is 102 Å². The second-order valence-corrected chi connectivity index (χ2v) is 35.1. The van der Waals surface area contributed by atoms with Gasteiger partial charge in [-0.05, 0) is 37.5 Å². The van der Waals surface area contributed by atoms with Gasteiger partial charge in [0, 0.05) is 25.7 Å². The molecule has 0 aliphatic rings. The van der Waals surface area contributed by atoms with Gasteiger partial charge in [-0.25, -0.2) is 9.13 Å². The summed E-state index contributed by atoms with van der Waals surface area (Å²) in [5.41, 5.74) is 0. The second-order valence-electron chi connectivity index (χ2n) is 32.2. The lowest BCUT2D eigenvalue weighted by Crippen LogP contribution is -2.30. The fourth-order valence-corrected chi connectivity index (χ4v) is 15.2. The lowest BCUT2D eigenvalue weighted by Gasteiger charge is -2.21. The molecular weight excluding hydrogens is 1380 g/mol. The maximum atomic E-state index is 13.2. The van der Waals surface area contributed by atoms with Crippen molar-refractivity contribution in [3.05, 3.63) is 0 Å². The Morgan fingerprint density at radius 1 is 0.255 bits per heavy atom. The number of ether oxygens (including phenoxy) is 4. The molecule has 0 radical (unpaired) electrons. The Kier molecular flexibility index (Phi) is 76.9. The standard InChI is InChI=1S/C87H170O17P2/c1-7-9-11-13-15-17-19-31-39-45-51-57-63-69-84(89)97-75-82(103-86(91)71-65-59-53-47-41-32-20-18-16-14-12-10-8-2)77-101-105(93,94)99-73-81(88)74-100-106(95,96)102-78-83(76-98-85(90)70-64-58-52-46-40-35-29-26-25-28-34-38-44-50-56-62-68-80(5)6)104-87(92)72-66-60-54-48-42-36-30-24-22-21-23-27-33-37-43-49-55-61-67-79(3)4/h79-83,88H,7-78H2,1-6H3,(H,93,94)(H,95,96)/t81-,82+,83+/m0/s1. The van der Waals surface area contributed by atoms with Gasteiger partial charge in [0.15, 0.2) is 12.2 Å². The summed E-state index contributed by atoms with van der Waals surface area (Å²) in [6.45, 7) is 9.75. The molecule has 106 heavy (non-hydrogen) atoms. The third-order valence-electron chi connectivity index (χ3n) is 20.5. The van der Waals surface area contributed by atoms with Crippen LogP contribution in [-0.2, 0) is 65.4 Å². The monoisotopic (exact) mass is 1550 g/mol. The van der Waals surface area contributed by atoms with Gasteiger partial charge < -0.3 is 33.8 Å². The Hall–Kier alpha value is -1.94. The highest BCUT2D eigenvalue weighted by Crippen LogP contribution is 2.45. The minimum absolute atomic E-state index is 0.108. The number of carbonyl (C=O) groups excluding carboxylic acids is 4. The molecule has 0 saturated carbocycles. The van der Waals surface area contributed by atoms with Crippen LogP contribution < -0.4 is 0 Å². The lowest BCUT2D eigenvalue weighted by molar-refractivity contribution is -0.161. The summed E-state index contributed by atoms with van der Waals surface area (Å²) in [6, 6.07) is 0. The second kappa shape index (κ2) is 78.3. The zero-order chi connectivity index (χ0) is 77.8. The molecule has 0 heterocycles.